The third-order valence-corrected chi connectivity index (χ3v) is 7.55. The number of hydrogen-bond donors (Lipinski definition) is 0. The van der Waals surface area contributed by atoms with Crippen LogP contribution in [0.2, 0.25) is 5.02 Å². The molecule has 168 valence electrons. The molecule has 2 heterocycles. The van der Waals surface area contributed by atoms with E-state index in [0.29, 0.717) is 21.9 Å². The topological polar surface area (TPSA) is 40.6 Å². The molecule has 0 aromatic heterocycles. The van der Waals surface area contributed by atoms with Crippen LogP contribution in [0.5, 0.6) is 0 Å². The lowest BCUT2D eigenvalue weighted by atomic mass is 9.79. The van der Waals surface area contributed by atoms with Crippen molar-refractivity contribution in [3.63, 3.8) is 0 Å². The maximum Gasteiger partial charge on any atom is 0.293 e. The average molecular weight is 469 g/mol. The minimum absolute atomic E-state index is 0.0868. The van der Waals surface area contributed by atoms with Crippen LogP contribution < -0.4 is 4.90 Å². The molecular weight excluding hydrogens is 440 g/mol. The van der Waals surface area contributed by atoms with E-state index in [-0.39, 0.29) is 23.2 Å². The summed E-state index contributed by atoms with van der Waals surface area (Å²) in [5, 5.41) is 0.289. The molecule has 4 rings (SSSR count). The standard InChI is InChI=1S/C26H29ClN2O2S/c1-16(2)29-22-11-10-18(12-20(22)17(3)14-26(29,4)5)13-23-24(30)28(25(31)32-23)15-19-8-6-7-9-21(19)27/h6-13,16-17H,14-15H2,1-5H3/b23-13-/t17-/m1/s1. The Morgan fingerprint density at radius 3 is 2.59 bits per heavy atom. The summed E-state index contributed by atoms with van der Waals surface area (Å²) in [4.78, 5) is 29.7. The van der Waals surface area contributed by atoms with Gasteiger partial charge in [0.2, 0.25) is 0 Å². The van der Waals surface area contributed by atoms with Crippen LogP contribution in [-0.4, -0.2) is 27.6 Å². The van der Waals surface area contributed by atoms with Crippen molar-refractivity contribution >= 4 is 46.3 Å². The maximum atomic E-state index is 13.0. The van der Waals surface area contributed by atoms with Gasteiger partial charge in [-0.05, 0) is 92.8 Å². The fraction of sp³-hybridized carbons (Fsp3) is 0.385. The van der Waals surface area contributed by atoms with Crippen molar-refractivity contribution < 1.29 is 9.59 Å². The van der Waals surface area contributed by atoms with Gasteiger partial charge in [-0.3, -0.25) is 14.5 Å². The Morgan fingerprint density at radius 1 is 1.19 bits per heavy atom. The fourth-order valence-corrected chi connectivity index (χ4v) is 6.16. The number of hydrogen-bond acceptors (Lipinski definition) is 4. The molecule has 0 aliphatic carbocycles. The van der Waals surface area contributed by atoms with Crippen LogP contribution in [-0.2, 0) is 11.3 Å². The van der Waals surface area contributed by atoms with Crippen molar-refractivity contribution in [3.05, 3.63) is 69.1 Å². The van der Waals surface area contributed by atoms with E-state index in [9.17, 15) is 9.59 Å². The Balaban J connectivity index is 1.62. The number of rotatable bonds is 4. The molecule has 1 atom stereocenters. The second kappa shape index (κ2) is 8.60. The van der Waals surface area contributed by atoms with Gasteiger partial charge in [0.1, 0.15) is 0 Å². The zero-order chi connectivity index (χ0) is 23.2. The van der Waals surface area contributed by atoms with Crippen LogP contribution in [0, 0.1) is 0 Å². The minimum atomic E-state index is -0.268. The lowest BCUT2D eigenvalue weighted by Gasteiger charge is -2.50. The molecule has 0 radical (unpaired) electrons. The SMILES string of the molecule is CC(C)N1c2ccc(/C=C3\SC(=O)N(Cc4ccccc4Cl)C3=O)cc2[C@H](C)CC1(C)C. The lowest BCUT2D eigenvalue weighted by molar-refractivity contribution is -0.123. The van der Waals surface area contributed by atoms with Gasteiger partial charge in [-0.1, -0.05) is 42.8 Å². The highest BCUT2D eigenvalue weighted by Crippen LogP contribution is 2.45. The first-order valence-corrected chi connectivity index (χ1v) is 12.2. The predicted molar refractivity (Wildman–Crippen MR) is 134 cm³/mol. The van der Waals surface area contributed by atoms with E-state index in [4.69, 9.17) is 11.6 Å². The van der Waals surface area contributed by atoms with E-state index in [0.717, 1.165) is 29.3 Å². The molecule has 1 saturated heterocycles. The largest absolute Gasteiger partial charge is 0.364 e. The van der Waals surface area contributed by atoms with Crippen LogP contribution in [0.4, 0.5) is 10.5 Å². The molecule has 4 nitrogen and oxygen atoms in total. The van der Waals surface area contributed by atoms with Gasteiger partial charge >= 0.3 is 0 Å². The van der Waals surface area contributed by atoms with E-state index < -0.39 is 0 Å². The molecular formula is C26H29ClN2O2S. The van der Waals surface area contributed by atoms with Crippen LogP contribution in [0.25, 0.3) is 6.08 Å². The van der Waals surface area contributed by atoms with Gasteiger partial charge in [-0.2, -0.15) is 0 Å². The molecule has 32 heavy (non-hydrogen) atoms. The van der Waals surface area contributed by atoms with Gasteiger partial charge in [0.05, 0.1) is 11.4 Å². The van der Waals surface area contributed by atoms with Crippen molar-refractivity contribution in [1.29, 1.82) is 0 Å². The van der Waals surface area contributed by atoms with Gasteiger partial charge in [-0.15, -0.1) is 0 Å². The number of amides is 2. The number of carbonyl (C=O) groups excluding carboxylic acids is 2. The predicted octanol–water partition coefficient (Wildman–Crippen LogP) is 7.08. The van der Waals surface area contributed by atoms with Crippen molar-refractivity contribution in [2.75, 3.05) is 4.90 Å². The molecule has 6 heteroatoms. The highest BCUT2D eigenvalue weighted by molar-refractivity contribution is 8.18. The molecule has 2 aliphatic heterocycles. The van der Waals surface area contributed by atoms with Crippen molar-refractivity contribution in [1.82, 2.24) is 4.90 Å². The van der Waals surface area contributed by atoms with E-state index >= 15 is 0 Å². The zero-order valence-corrected chi connectivity index (χ0v) is 20.8. The van der Waals surface area contributed by atoms with Gasteiger partial charge in [0.25, 0.3) is 11.1 Å². The lowest BCUT2D eigenvalue weighted by Crippen LogP contribution is -2.51. The molecule has 2 aliphatic rings. The number of nitrogens with zero attached hydrogens (tertiary/aromatic N) is 2. The number of anilines is 1. The Labute approximate surface area is 199 Å². The van der Waals surface area contributed by atoms with Gasteiger partial charge < -0.3 is 4.90 Å². The maximum absolute atomic E-state index is 13.0. The molecule has 0 spiro atoms. The number of thioether (sulfide) groups is 1. The Kier molecular flexibility index (Phi) is 6.17. The normalized spacial score (nSPS) is 21.6. The fourth-order valence-electron chi connectivity index (χ4n) is 5.12. The number of carbonyl (C=O) groups is 2. The summed E-state index contributed by atoms with van der Waals surface area (Å²) < 4.78 is 0. The third-order valence-electron chi connectivity index (χ3n) is 6.27. The summed E-state index contributed by atoms with van der Waals surface area (Å²) >= 11 is 7.21. The number of fused-ring (bicyclic) bond motifs is 1. The summed E-state index contributed by atoms with van der Waals surface area (Å²) in [5.41, 5.74) is 4.34. The highest BCUT2D eigenvalue weighted by atomic mass is 35.5. The van der Waals surface area contributed by atoms with Gasteiger partial charge in [0.15, 0.2) is 0 Å². The number of imide groups is 1. The van der Waals surface area contributed by atoms with Crippen LogP contribution >= 0.6 is 23.4 Å². The van der Waals surface area contributed by atoms with Crippen molar-refractivity contribution in [2.45, 2.75) is 65.1 Å². The quantitative estimate of drug-likeness (QED) is 0.449. The van der Waals surface area contributed by atoms with Crippen molar-refractivity contribution in [2.24, 2.45) is 0 Å². The second-order valence-electron chi connectivity index (χ2n) is 9.56. The van der Waals surface area contributed by atoms with Crippen molar-refractivity contribution in [3.8, 4) is 0 Å². The smallest absolute Gasteiger partial charge is 0.293 e. The monoisotopic (exact) mass is 468 g/mol. The van der Waals surface area contributed by atoms with E-state index in [1.54, 1.807) is 6.07 Å². The minimum Gasteiger partial charge on any atom is -0.364 e. The molecule has 2 aromatic rings. The van der Waals surface area contributed by atoms with Gasteiger partial charge in [0, 0.05) is 22.3 Å². The summed E-state index contributed by atoms with van der Waals surface area (Å²) in [6, 6.07) is 14.1. The van der Waals surface area contributed by atoms with Gasteiger partial charge in [-0.25, -0.2) is 0 Å². The summed E-state index contributed by atoms with van der Waals surface area (Å²) in [6.07, 6.45) is 2.90. The Morgan fingerprint density at radius 2 is 1.91 bits per heavy atom. The van der Waals surface area contributed by atoms with Crippen LogP contribution in [0.15, 0.2) is 47.4 Å². The van der Waals surface area contributed by atoms with E-state index in [1.165, 1.54) is 16.2 Å². The molecule has 2 amide bonds. The first-order chi connectivity index (χ1) is 15.1. The van der Waals surface area contributed by atoms with E-state index in [2.05, 4.69) is 51.7 Å². The van der Waals surface area contributed by atoms with Crippen LogP contribution in [0.1, 0.15) is 63.6 Å². The average Bonchev–Trinajstić information content (AvgIpc) is 2.96. The summed E-state index contributed by atoms with van der Waals surface area (Å²) in [5.74, 6) is 0.147. The van der Waals surface area contributed by atoms with E-state index in [1.807, 2.05) is 30.3 Å². The van der Waals surface area contributed by atoms with Crippen LogP contribution in [0.3, 0.4) is 0 Å². The zero-order valence-electron chi connectivity index (χ0n) is 19.2. The molecule has 0 bridgehead atoms. The first-order valence-electron chi connectivity index (χ1n) is 11.0. The summed E-state index contributed by atoms with van der Waals surface area (Å²) in [7, 11) is 0. The molecule has 0 saturated carbocycles. The second-order valence-corrected chi connectivity index (χ2v) is 11.0. The Hall–Kier alpha value is -2.24. The molecule has 0 unspecified atom stereocenters. The number of benzene rings is 2. The highest BCUT2D eigenvalue weighted by Gasteiger charge is 2.38. The molecule has 2 aromatic carbocycles. The first kappa shape index (κ1) is 22.9. The Bertz CT molecular complexity index is 1110. The summed E-state index contributed by atoms with van der Waals surface area (Å²) in [6.45, 7) is 11.5. The molecule has 0 N–H and O–H groups in total. The third kappa shape index (κ3) is 4.20. The molecule has 1 fully saturated rings. The number of halogens is 1.